The number of nitrogens with zero attached hydrogens (tertiary/aromatic N) is 3. The summed E-state index contributed by atoms with van der Waals surface area (Å²) in [5.74, 6) is 1.43. The van der Waals surface area contributed by atoms with Gasteiger partial charge in [-0.25, -0.2) is 4.98 Å². The Kier molecular flexibility index (Phi) is 4.54. The van der Waals surface area contributed by atoms with Crippen LogP contribution in [0.15, 0.2) is 18.5 Å². The van der Waals surface area contributed by atoms with E-state index >= 15 is 0 Å². The van der Waals surface area contributed by atoms with Crippen molar-refractivity contribution in [1.82, 2.24) is 15.2 Å². The summed E-state index contributed by atoms with van der Waals surface area (Å²) in [5.41, 5.74) is 0.280. The van der Waals surface area contributed by atoms with Gasteiger partial charge in [0.2, 0.25) is 0 Å². The zero-order valence-corrected chi connectivity index (χ0v) is 11.6. The number of methoxy groups -OCH3 is 2. The number of benzene rings is 1. The van der Waals surface area contributed by atoms with Crippen molar-refractivity contribution in [2.45, 2.75) is 6.42 Å². The highest BCUT2D eigenvalue weighted by molar-refractivity contribution is 5.68. The van der Waals surface area contributed by atoms with E-state index in [0.717, 1.165) is 0 Å². The Labute approximate surface area is 120 Å². The fourth-order valence-corrected chi connectivity index (χ4v) is 1.83. The number of rotatable bonds is 7. The molecule has 9 nitrogen and oxygen atoms in total. The molecule has 2 rings (SSSR count). The summed E-state index contributed by atoms with van der Waals surface area (Å²) in [6.45, 7) is 0.464. The first-order chi connectivity index (χ1) is 10.2. The molecule has 1 aromatic carbocycles. The van der Waals surface area contributed by atoms with E-state index in [-0.39, 0.29) is 5.69 Å². The average molecular weight is 293 g/mol. The minimum absolute atomic E-state index is 0.0785. The van der Waals surface area contributed by atoms with E-state index in [9.17, 15) is 10.1 Å². The van der Waals surface area contributed by atoms with Crippen LogP contribution < -0.4 is 14.8 Å². The van der Waals surface area contributed by atoms with E-state index in [2.05, 4.69) is 20.5 Å². The van der Waals surface area contributed by atoms with Gasteiger partial charge in [0.15, 0.2) is 11.5 Å². The van der Waals surface area contributed by atoms with Gasteiger partial charge in [-0.3, -0.25) is 15.2 Å². The zero-order valence-electron chi connectivity index (χ0n) is 11.6. The summed E-state index contributed by atoms with van der Waals surface area (Å²) in [6.07, 6.45) is 1.97. The van der Waals surface area contributed by atoms with Crippen LogP contribution in [0.25, 0.3) is 0 Å². The Morgan fingerprint density at radius 3 is 2.62 bits per heavy atom. The van der Waals surface area contributed by atoms with Gasteiger partial charge in [-0.2, -0.15) is 5.10 Å². The molecular weight excluding hydrogens is 278 g/mol. The Morgan fingerprint density at radius 1 is 1.33 bits per heavy atom. The number of nitrogens with one attached hydrogen (secondary N) is 2. The lowest BCUT2D eigenvalue weighted by Crippen LogP contribution is -2.08. The van der Waals surface area contributed by atoms with Gasteiger partial charge in [0.05, 0.1) is 25.2 Å². The van der Waals surface area contributed by atoms with Gasteiger partial charge >= 0.3 is 0 Å². The molecule has 0 radical (unpaired) electrons. The van der Waals surface area contributed by atoms with Crippen molar-refractivity contribution in [3.63, 3.8) is 0 Å². The van der Waals surface area contributed by atoms with Crippen molar-refractivity contribution in [1.29, 1.82) is 0 Å². The lowest BCUT2D eigenvalue weighted by Gasteiger charge is -2.11. The zero-order chi connectivity index (χ0) is 15.2. The number of H-pyrrole nitrogens is 1. The molecule has 0 fully saturated rings. The molecule has 9 heteroatoms. The van der Waals surface area contributed by atoms with Crippen molar-refractivity contribution in [2.24, 2.45) is 0 Å². The first-order valence-corrected chi connectivity index (χ1v) is 6.14. The van der Waals surface area contributed by atoms with Crippen LogP contribution in [-0.4, -0.2) is 40.9 Å². The fourth-order valence-electron chi connectivity index (χ4n) is 1.83. The second kappa shape index (κ2) is 6.55. The van der Waals surface area contributed by atoms with E-state index in [0.29, 0.717) is 36.0 Å². The molecule has 1 heterocycles. The van der Waals surface area contributed by atoms with E-state index in [1.54, 1.807) is 0 Å². The van der Waals surface area contributed by atoms with Crippen LogP contribution in [0, 0.1) is 10.1 Å². The lowest BCUT2D eigenvalue weighted by atomic mass is 10.2. The van der Waals surface area contributed by atoms with E-state index in [4.69, 9.17) is 9.47 Å². The second-order valence-corrected chi connectivity index (χ2v) is 4.09. The minimum Gasteiger partial charge on any atom is -0.493 e. The highest BCUT2D eigenvalue weighted by Gasteiger charge is 2.19. The summed E-state index contributed by atoms with van der Waals surface area (Å²) in [6, 6.07) is 2.87. The smallest absolute Gasteiger partial charge is 0.296 e. The Morgan fingerprint density at radius 2 is 2.05 bits per heavy atom. The maximum absolute atomic E-state index is 11.1. The van der Waals surface area contributed by atoms with Crippen molar-refractivity contribution >= 4 is 11.4 Å². The summed E-state index contributed by atoms with van der Waals surface area (Å²) in [7, 11) is 2.90. The Hall–Kier alpha value is -2.84. The number of aromatic nitrogens is 3. The summed E-state index contributed by atoms with van der Waals surface area (Å²) >= 11 is 0. The van der Waals surface area contributed by atoms with Crippen molar-refractivity contribution in [2.75, 3.05) is 26.1 Å². The van der Waals surface area contributed by atoms with Gasteiger partial charge in [-0.15, -0.1) is 0 Å². The van der Waals surface area contributed by atoms with Gasteiger partial charge < -0.3 is 14.8 Å². The third-order valence-corrected chi connectivity index (χ3v) is 2.84. The van der Waals surface area contributed by atoms with Crippen LogP contribution >= 0.6 is 0 Å². The predicted octanol–water partition coefficient (Wildman–Crippen LogP) is 1.38. The molecule has 112 valence electrons. The number of hydrogen-bond acceptors (Lipinski definition) is 7. The number of nitro groups is 1. The largest absolute Gasteiger partial charge is 0.493 e. The molecule has 0 unspecified atom stereocenters. The van der Waals surface area contributed by atoms with E-state index in [1.165, 1.54) is 32.7 Å². The Balaban J connectivity index is 2.17. The first kappa shape index (κ1) is 14.6. The first-order valence-electron chi connectivity index (χ1n) is 6.14. The third kappa shape index (κ3) is 3.38. The SMILES string of the molecule is COc1cc(NCCc2ncn[nH]2)c([N+](=O)[O-])cc1OC. The molecule has 2 aromatic rings. The van der Waals surface area contributed by atoms with Crippen LogP contribution in [0.3, 0.4) is 0 Å². The topological polar surface area (TPSA) is 115 Å². The highest BCUT2D eigenvalue weighted by Crippen LogP contribution is 2.37. The summed E-state index contributed by atoms with van der Waals surface area (Å²) < 4.78 is 10.2. The molecule has 0 aliphatic carbocycles. The standard InChI is InChI=1S/C12H15N5O4/c1-20-10-5-8(9(17(18)19)6-11(10)21-2)13-4-3-12-14-7-15-16-12/h5-7,13H,3-4H2,1-2H3,(H,14,15,16). The van der Waals surface area contributed by atoms with Gasteiger partial charge in [-0.05, 0) is 0 Å². The molecule has 0 bridgehead atoms. The number of ether oxygens (including phenoxy) is 2. The molecule has 0 aliphatic heterocycles. The summed E-state index contributed by atoms with van der Waals surface area (Å²) in [5, 5.41) is 20.6. The maximum Gasteiger partial charge on any atom is 0.296 e. The van der Waals surface area contributed by atoms with Crippen LogP contribution in [0.1, 0.15) is 5.82 Å². The highest BCUT2D eigenvalue weighted by atomic mass is 16.6. The molecule has 0 saturated heterocycles. The summed E-state index contributed by atoms with van der Waals surface area (Å²) in [4.78, 5) is 14.6. The molecular formula is C12H15N5O4. The molecule has 2 N–H and O–H groups in total. The van der Waals surface area contributed by atoms with Gasteiger partial charge in [0, 0.05) is 19.0 Å². The third-order valence-electron chi connectivity index (χ3n) is 2.84. The van der Waals surface area contributed by atoms with E-state index < -0.39 is 4.92 Å². The van der Waals surface area contributed by atoms with Crippen LogP contribution in [0.2, 0.25) is 0 Å². The molecule has 0 atom stereocenters. The number of nitro benzene ring substituents is 1. The van der Waals surface area contributed by atoms with Gasteiger partial charge in [-0.1, -0.05) is 0 Å². The number of hydrogen-bond donors (Lipinski definition) is 2. The fraction of sp³-hybridized carbons (Fsp3) is 0.333. The lowest BCUT2D eigenvalue weighted by molar-refractivity contribution is -0.384. The average Bonchev–Trinajstić information content (AvgIpc) is 2.99. The van der Waals surface area contributed by atoms with Gasteiger partial charge in [0.25, 0.3) is 5.69 Å². The molecule has 0 saturated carbocycles. The number of aromatic amines is 1. The van der Waals surface area contributed by atoms with Crippen LogP contribution in [0.5, 0.6) is 11.5 Å². The second-order valence-electron chi connectivity index (χ2n) is 4.09. The minimum atomic E-state index is -0.473. The quantitative estimate of drug-likeness (QED) is 0.585. The predicted molar refractivity (Wildman–Crippen MR) is 74.8 cm³/mol. The normalized spacial score (nSPS) is 10.2. The molecule has 0 aliphatic rings. The monoisotopic (exact) mass is 293 g/mol. The Bertz CT molecular complexity index is 614. The van der Waals surface area contributed by atoms with E-state index in [1.807, 2.05) is 0 Å². The number of anilines is 1. The van der Waals surface area contributed by atoms with Gasteiger partial charge in [0.1, 0.15) is 17.8 Å². The molecule has 0 amide bonds. The van der Waals surface area contributed by atoms with Crippen molar-refractivity contribution in [3.8, 4) is 11.5 Å². The van der Waals surface area contributed by atoms with Crippen LogP contribution in [0.4, 0.5) is 11.4 Å². The maximum atomic E-state index is 11.1. The molecule has 21 heavy (non-hydrogen) atoms. The molecule has 0 spiro atoms. The van der Waals surface area contributed by atoms with Crippen molar-refractivity contribution in [3.05, 3.63) is 34.4 Å². The van der Waals surface area contributed by atoms with Crippen LogP contribution in [-0.2, 0) is 6.42 Å². The van der Waals surface area contributed by atoms with Crippen molar-refractivity contribution < 1.29 is 14.4 Å². The molecule has 1 aromatic heterocycles.